The molecular weight excluding hydrogens is 368 g/mol. The molecule has 6 heteroatoms. The third kappa shape index (κ3) is 4.64. The summed E-state index contributed by atoms with van der Waals surface area (Å²) in [5.74, 6) is 0.490. The normalized spacial score (nSPS) is 10.1. The molecule has 0 fully saturated rings. The highest BCUT2D eigenvalue weighted by Gasteiger charge is 2.11. The second kappa shape index (κ2) is 8.06. The number of ether oxygens (including phenoxy) is 1. The first-order chi connectivity index (χ1) is 10.6. The van der Waals surface area contributed by atoms with Crippen LogP contribution in [0.3, 0.4) is 0 Å². The van der Waals surface area contributed by atoms with Gasteiger partial charge in [-0.1, -0.05) is 29.8 Å². The van der Waals surface area contributed by atoms with Crippen LogP contribution in [-0.4, -0.2) is 19.1 Å². The Kier molecular flexibility index (Phi) is 6.10. The molecule has 4 nitrogen and oxygen atoms in total. The quantitative estimate of drug-likeness (QED) is 0.769. The van der Waals surface area contributed by atoms with Crippen LogP contribution in [-0.2, 0) is 4.79 Å². The number of carbonyl (C=O) groups excluding carboxylic acids is 1. The van der Waals surface area contributed by atoms with Gasteiger partial charge in [0.25, 0.3) is 0 Å². The smallest absolute Gasteiger partial charge is 0.243 e. The van der Waals surface area contributed by atoms with E-state index < -0.39 is 0 Å². The van der Waals surface area contributed by atoms with E-state index in [0.29, 0.717) is 23.1 Å². The van der Waals surface area contributed by atoms with Crippen LogP contribution in [0.1, 0.15) is 6.92 Å². The first-order valence-corrected chi connectivity index (χ1v) is 7.98. The average Bonchev–Trinajstić information content (AvgIpc) is 2.49. The summed E-state index contributed by atoms with van der Waals surface area (Å²) in [5.41, 5.74) is 1.43. The number of rotatable bonds is 6. The number of para-hydroxylation sites is 1. The van der Waals surface area contributed by atoms with E-state index in [1.807, 2.05) is 37.3 Å². The van der Waals surface area contributed by atoms with Crippen LogP contribution in [0, 0.1) is 0 Å². The molecule has 2 N–H and O–H groups in total. The summed E-state index contributed by atoms with van der Waals surface area (Å²) < 4.78 is 6.32. The van der Waals surface area contributed by atoms with Gasteiger partial charge in [0.1, 0.15) is 0 Å². The third-order valence-electron chi connectivity index (χ3n) is 2.79. The van der Waals surface area contributed by atoms with Gasteiger partial charge in [0.05, 0.1) is 23.3 Å². The first kappa shape index (κ1) is 16.6. The lowest BCUT2D eigenvalue weighted by molar-refractivity contribution is -0.114. The molecule has 0 atom stereocenters. The number of anilines is 2. The van der Waals surface area contributed by atoms with Gasteiger partial charge in [0, 0.05) is 10.7 Å². The molecular formula is C16H16BrClN2O2. The second-order valence-corrected chi connectivity index (χ2v) is 5.76. The number of hydrogen-bond donors (Lipinski definition) is 2. The molecule has 0 radical (unpaired) electrons. The summed E-state index contributed by atoms with van der Waals surface area (Å²) >= 11 is 9.45. The van der Waals surface area contributed by atoms with E-state index in [-0.39, 0.29) is 12.5 Å². The van der Waals surface area contributed by atoms with Gasteiger partial charge in [0.2, 0.25) is 5.91 Å². The lowest BCUT2D eigenvalue weighted by atomic mass is 10.3. The van der Waals surface area contributed by atoms with Gasteiger partial charge < -0.3 is 15.4 Å². The van der Waals surface area contributed by atoms with E-state index in [0.717, 1.165) is 10.2 Å². The number of carbonyl (C=O) groups is 1. The Morgan fingerprint density at radius 3 is 2.68 bits per heavy atom. The van der Waals surface area contributed by atoms with Crippen molar-refractivity contribution in [1.29, 1.82) is 0 Å². The predicted molar refractivity (Wildman–Crippen MR) is 93.9 cm³/mol. The maximum absolute atomic E-state index is 12.0. The molecule has 2 aromatic rings. The zero-order valence-electron chi connectivity index (χ0n) is 12.0. The van der Waals surface area contributed by atoms with Crippen LogP contribution in [0.5, 0.6) is 5.75 Å². The molecule has 0 aromatic heterocycles. The molecule has 0 aliphatic rings. The third-order valence-corrected chi connectivity index (χ3v) is 3.60. The number of benzene rings is 2. The zero-order chi connectivity index (χ0) is 15.9. The van der Waals surface area contributed by atoms with E-state index in [4.69, 9.17) is 16.3 Å². The lowest BCUT2D eigenvalue weighted by Crippen LogP contribution is -2.22. The molecule has 0 bridgehead atoms. The fourth-order valence-corrected chi connectivity index (χ4v) is 2.81. The Hall–Kier alpha value is -1.72. The fourth-order valence-electron chi connectivity index (χ4n) is 1.88. The van der Waals surface area contributed by atoms with Crippen molar-refractivity contribution < 1.29 is 9.53 Å². The van der Waals surface area contributed by atoms with Gasteiger partial charge in [-0.05, 0) is 47.1 Å². The maximum atomic E-state index is 12.0. The van der Waals surface area contributed by atoms with Crippen molar-refractivity contribution in [2.75, 3.05) is 23.8 Å². The topological polar surface area (TPSA) is 50.4 Å². The van der Waals surface area contributed by atoms with E-state index in [1.54, 1.807) is 12.1 Å². The van der Waals surface area contributed by atoms with Crippen molar-refractivity contribution in [3.05, 3.63) is 52.0 Å². The molecule has 0 aliphatic heterocycles. The highest BCUT2D eigenvalue weighted by molar-refractivity contribution is 9.10. The molecule has 0 saturated heterocycles. The molecule has 0 aliphatic carbocycles. The largest absolute Gasteiger partial charge is 0.491 e. The van der Waals surface area contributed by atoms with Crippen LogP contribution in [0.25, 0.3) is 0 Å². The second-order valence-electron chi connectivity index (χ2n) is 4.47. The van der Waals surface area contributed by atoms with Crippen LogP contribution in [0.15, 0.2) is 46.9 Å². The number of amides is 1. The van der Waals surface area contributed by atoms with Crippen LogP contribution in [0.2, 0.25) is 5.02 Å². The summed E-state index contributed by atoms with van der Waals surface area (Å²) in [7, 11) is 0. The van der Waals surface area contributed by atoms with Gasteiger partial charge in [-0.15, -0.1) is 0 Å². The minimum atomic E-state index is -0.148. The zero-order valence-corrected chi connectivity index (χ0v) is 14.4. The SMILES string of the molecule is CCOc1c(Br)cc(Cl)cc1NCC(=O)Nc1ccccc1. The lowest BCUT2D eigenvalue weighted by Gasteiger charge is -2.14. The molecule has 1 amide bonds. The van der Waals surface area contributed by atoms with E-state index in [9.17, 15) is 4.79 Å². The van der Waals surface area contributed by atoms with Gasteiger partial charge >= 0.3 is 0 Å². The van der Waals surface area contributed by atoms with Crippen LogP contribution < -0.4 is 15.4 Å². The first-order valence-electron chi connectivity index (χ1n) is 6.80. The minimum absolute atomic E-state index is 0.113. The molecule has 22 heavy (non-hydrogen) atoms. The van der Waals surface area contributed by atoms with Gasteiger partial charge in [-0.25, -0.2) is 0 Å². The molecule has 2 rings (SSSR count). The summed E-state index contributed by atoms with van der Waals surface area (Å²) in [6, 6.07) is 12.8. The summed E-state index contributed by atoms with van der Waals surface area (Å²) in [6.45, 7) is 2.53. The monoisotopic (exact) mass is 382 g/mol. The highest BCUT2D eigenvalue weighted by Crippen LogP contribution is 2.36. The molecule has 2 aromatic carbocycles. The average molecular weight is 384 g/mol. The summed E-state index contributed by atoms with van der Waals surface area (Å²) in [4.78, 5) is 12.0. The fraction of sp³-hybridized carbons (Fsp3) is 0.188. The van der Waals surface area contributed by atoms with Crippen molar-refractivity contribution in [3.8, 4) is 5.75 Å². The van der Waals surface area contributed by atoms with E-state index in [1.165, 1.54) is 0 Å². The predicted octanol–water partition coefficient (Wildman–Crippen LogP) is 4.55. The Labute approximate surface area is 142 Å². The van der Waals surface area contributed by atoms with Crippen LogP contribution in [0.4, 0.5) is 11.4 Å². The van der Waals surface area contributed by atoms with Crippen molar-refractivity contribution in [2.45, 2.75) is 6.92 Å². The minimum Gasteiger partial charge on any atom is -0.491 e. The van der Waals surface area contributed by atoms with E-state index >= 15 is 0 Å². The van der Waals surface area contributed by atoms with Gasteiger partial charge in [-0.2, -0.15) is 0 Å². The van der Waals surface area contributed by atoms with Crippen LogP contribution >= 0.6 is 27.5 Å². The molecule has 0 heterocycles. The molecule has 0 unspecified atom stereocenters. The summed E-state index contributed by atoms with van der Waals surface area (Å²) in [5, 5.41) is 6.41. The maximum Gasteiger partial charge on any atom is 0.243 e. The molecule has 0 saturated carbocycles. The standard InChI is InChI=1S/C16H16BrClN2O2/c1-2-22-16-13(17)8-11(18)9-14(16)19-10-15(21)20-12-6-4-3-5-7-12/h3-9,19H,2,10H2,1H3,(H,20,21). The Morgan fingerprint density at radius 1 is 1.27 bits per heavy atom. The molecule has 0 spiro atoms. The van der Waals surface area contributed by atoms with Gasteiger partial charge in [0.15, 0.2) is 5.75 Å². The van der Waals surface area contributed by atoms with Gasteiger partial charge in [-0.3, -0.25) is 4.79 Å². The Balaban J connectivity index is 2.03. The number of nitrogens with one attached hydrogen (secondary N) is 2. The van der Waals surface area contributed by atoms with Crippen molar-refractivity contribution in [1.82, 2.24) is 0 Å². The Bertz CT molecular complexity index is 650. The van der Waals surface area contributed by atoms with Crippen molar-refractivity contribution in [2.24, 2.45) is 0 Å². The summed E-state index contributed by atoms with van der Waals surface area (Å²) in [6.07, 6.45) is 0. The van der Waals surface area contributed by atoms with E-state index in [2.05, 4.69) is 26.6 Å². The number of hydrogen-bond acceptors (Lipinski definition) is 3. The molecule has 116 valence electrons. The Morgan fingerprint density at radius 2 is 2.00 bits per heavy atom. The van der Waals surface area contributed by atoms with Crippen molar-refractivity contribution in [3.63, 3.8) is 0 Å². The van der Waals surface area contributed by atoms with Crippen molar-refractivity contribution >= 4 is 44.8 Å². The highest BCUT2D eigenvalue weighted by atomic mass is 79.9. The number of halogens is 2.